The van der Waals surface area contributed by atoms with Gasteiger partial charge in [-0.2, -0.15) is 0 Å². The molecule has 17 heavy (non-hydrogen) atoms. The van der Waals surface area contributed by atoms with Gasteiger partial charge in [0.15, 0.2) is 9.84 Å². The summed E-state index contributed by atoms with van der Waals surface area (Å²) >= 11 is 0. The van der Waals surface area contributed by atoms with Crippen LogP contribution < -0.4 is 0 Å². The number of carboxylic acids is 1. The number of sulfone groups is 1. The minimum atomic E-state index is -3.14. The van der Waals surface area contributed by atoms with Crippen molar-refractivity contribution >= 4 is 26.7 Å². The Bertz CT molecular complexity index is 685. The lowest BCUT2D eigenvalue weighted by Crippen LogP contribution is -2.00. The average molecular weight is 253 g/mol. The summed E-state index contributed by atoms with van der Waals surface area (Å²) < 4.78 is 22.5. The van der Waals surface area contributed by atoms with Gasteiger partial charge >= 0.3 is 5.97 Å². The molecule has 5 nitrogen and oxygen atoms in total. The monoisotopic (exact) mass is 253 g/mol. The fourth-order valence-electron chi connectivity index (χ4n) is 1.79. The predicted octanol–water partition coefficient (Wildman–Crippen LogP) is 1.41. The van der Waals surface area contributed by atoms with E-state index in [0.29, 0.717) is 16.5 Å². The van der Waals surface area contributed by atoms with Crippen LogP contribution in [0, 0.1) is 0 Å². The SMILES string of the molecule is CS(=O)(=O)Cc1c[nH]c2c(C(=O)O)cccc12. The van der Waals surface area contributed by atoms with Gasteiger partial charge in [0.05, 0.1) is 16.8 Å². The molecular weight excluding hydrogens is 242 g/mol. The molecule has 0 aliphatic heterocycles. The Balaban J connectivity index is 2.63. The molecule has 0 fully saturated rings. The van der Waals surface area contributed by atoms with Gasteiger partial charge in [-0.15, -0.1) is 0 Å². The van der Waals surface area contributed by atoms with Gasteiger partial charge in [-0.05, 0) is 11.6 Å². The number of fused-ring (bicyclic) bond motifs is 1. The summed E-state index contributed by atoms with van der Waals surface area (Å²) in [5.41, 5.74) is 1.19. The summed E-state index contributed by atoms with van der Waals surface area (Å²) in [7, 11) is -3.14. The first-order valence-electron chi connectivity index (χ1n) is 4.88. The molecule has 0 aliphatic carbocycles. The van der Waals surface area contributed by atoms with Gasteiger partial charge in [-0.1, -0.05) is 12.1 Å². The van der Waals surface area contributed by atoms with Crippen LogP contribution in [-0.4, -0.2) is 30.7 Å². The van der Waals surface area contributed by atoms with Crippen LogP contribution in [0.3, 0.4) is 0 Å². The molecule has 90 valence electrons. The molecular formula is C11H11NO4S. The van der Waals surface area contributed by atoms with E-state index in [-0.39, 0.29) is 11.3 Å². The van der Waals surface area contributed by atoms with Crippen LogP contribution in [0.1, 0.15) is 15.9 Å². The molecule has 0 spiro atoms. The van der Waals surface area contributed by atoms with Crippen molar-refractivity contribution in [3.8, 4) is 0 Å². The zero-order valence-corrected chi connectivity index (χ0v) is 9.91. The van der Waals surface area contributed by atoms with Gasteiger partial charge in [0.25, 0.3) is 0 Å². The molecule has 0 atom stereocenters. The quantitative estimate of drug-likeness (QED) is 0.865. The van der Waals surface area contributed by atoms with Gasteiger partial charge in [0.1, 0.15) is 0 Å². The Kier molecular flexibility index (Phi) is 2.66. The van der Waals surface area contributed by atoms with Crippen LogP contribution in [0.2, 0.25) is 0 Å². The van der Waals surface area contributed by atoms with Crippen molar-refractivity contribution < 1.29 is 18.3 Å². The zero-order valence-electron chi connectivity index (χ0n) is 9.10. The van der Waals surface area contributed by atoms with Gasteiger partial charge in [0.2, 0.25) is 0 Å². The lowest BCUT2D eigenvalue weighted by Gasteiger charge is -1.99. The summed E-state index contributed by atoms with van der Waals surface area (Å²) in [5, 5.41) is 9.62. The number of aromatic carboxylic acids is 1. The van der Waals surface area contributed by atoms with E-state index in [1.54, 1.807) is 12.1 Å². The van der Waals surface area contributed by atoms with Crippen LogP contribution in [0.4, 0.5) is 0 Å². The van der Waals surface area contributed by atoms with Gasteiger partial charge in [0, 0.05) is 17.8 Å². The first-order valence-corrected chi connectivity index (χ1v) is 6.94. The minimum absolute atomic E-state index is 0.101. The Morgan fingerprint density at radius 1 is 1.41 bits per heavy atom. The molecule has 2 N–H and O–H groups in total. The van der Waals surface area contributed by atoms with E-state index >= 15 is 0 Å². The van der Waals surface area contributed by atoms with E-state index < -0.39 is 15.8 Å². The highest BCUT2D eigenvalue weighted by Crippen LogP contribution is 2.23. The molecule has 1 aromatic carbocycles. The van der Waals surface area contributed by atoms with Gasteiger partial charge in [-0.25, -0.2) is 13.2 Å². The molecule has 0 unspecified atom stereocenters. The Hall–Kier alpha value is -1.82. The van der Waals surface area contributed by atoms with E-state index in [2.05, 4.69) is 4.98 Å². The Labute approximate surface area is 98.0 Å². The second kappa shape index (κ2) is 3.89. The number of hydrogen-bond donors (Lipinski definition) is 2. The number of benzene rings is 1. The maximum atomic E-state index is 11.2. The summed E-state index contributed by atoms with van der Waals surface area (Å²) in [6.45, 7) is 0. The average Bonchev–Trinajstić information content (AvgIpc) is 2.59. The minimum Gasteiger partial charge on any atom is -0.478 e. The summed E-state index contributed by atoms with van der Waals surface area (Å²) in [4.78, 5) is 13.8. The van der Waals surface area contributed by atoms with Crippen molar-refractivity contribution in [1.29, 1.82) is 0 Å². The van der Waals surface area contributed by atoms with Crippen LogP contribution in [-0.2, 0) is 15.6 Å². The van der Waals surface area contributed by atoms with Crippen molar-refractivity contribution in [2.24, 2.45) is 0 Å². The number of H-pyrrole nitrogens is 1. The number of hydrogen-bond acceptors (Lipinski definition) is 3. The number of aromatic amines is 1. The number of aromatic nitrogens is 1. The second-order valence-corrected chi connectivity index (χ2v) is 6.06. The van der Waals surface area contributed by atoms with E-state index in [0.717, 1.165) is 6.26 Å². The first kappa shape index (κ1) is 11.7. The molecule has 2 rings (SSSR count). The molecule has 0 bridgehead atoms. The third-order valence-electron chi connectivity index (χ3n) is 2.45. The highest BCUT2D eigenvalue weighted by Gasteiger charge is 2.14. The van der Waals surface area contributed by atoms with E-state index in [1.807, 2.05) is 0 Å². The molecule has 1 aromatic heterocycles. The topological polar surface area (TPSA) is 87.2 Å². The Morgan fingerprint density at radius 2 is 2.12 bits per heavy atom. The van der Waals surface area contributed by atoms with Crippen LogP contribution in [0.5, 0.6) is 0 Å². The number of nitrogens with one attached hydrogen (secondary N) is 1. The fraction of sp³-hybridized carbons (Fsp3) is 0.182. The number of carboxylic acid groups (broad SMARTS) is 1. The molecule has 6 heteroatoms. The maximum Gasteiger partial charge on any atom is 0.337 e. The van der Waals surface area contributed by atoms with Crippen molar-refractivity contribution in [3.05, 3.63) is 35.5 Å². The van der Waals surface area contributed by atoms with Crippen LogP contribution in [0.15, 0.2) is 24.4 Å². The lowest BCUT2D eigenvalue weighted by molar-refractivity contribution is 0.0699. The van der Waals surface area contributed by atoms with Crippen molar-refractivity contribution in [1.82, 2.24) is 4.98 Å². The van der Waals surface area contributed by atoms with Crippen molar-refractivity contribution in [2.75, 3.05) is 6.26 Å². The Morgan fingerprint density at radius 3 is 2.71 bits per heavy atom. The summed E-state index contributed by atoms with van der Waals surface area (Å²) in [6.07, 6.45) is 2.69. The predicted molar refractivity (Wildman–Crippen MR) is 63.8 cm³/mol. The lowest BCUT2D eigenvalue weighted by atomic mass is 10.1. The molecule has 0 saturated heterocycles. The van der Waals surface area contributed by atoms with Crippen molar-refractivity contribution in [2.45, 2.75) is 5.75 Å². The maximum absolute atomic E-state index is 11.2. The summed E-state index contributed by atoms with van der Waals surface area (Å²) in [6, 6.07) is 4.79. The molecule has 0 amide bonds. The standard InChI is InChI=1S/C11H11NO4S/c1-17(15,16)6-7-5-12-10-8(7)3-2-4-9(10)11(13)14/h2-5,12H,6H2,1H3,(H,13,14). The van der Waals surface area contributed by atoms with Gasteiger partial charge < -0.3 is 10.1 Å². The highest BCUT2D eigenvalue weighted by molar-refractivity contribution is 7.89. The fourth-order valence-corrected chi connectivity index (χ4v) is 2.60. The normalized spacial score (nSPS) is 11.8. The third kappa shape index (κ3) is 2.31. The van der Waals surface area contributed by atoms with Crippen LogP contribution in [0.25, 0.3) is 10.9 Å². The van der Waals surface area contributed by atoms with Crippen molar-refractivity contribution in [3.63, 3.8) is 0 Å². The van der Waals surface area contributed by atoms with E-state index in [9.17, 15) is 13.2 Å². The van der Waals surface area contributed by atoms with E-state index in [1.165, 1.54) is 12.3 Å². The largest absolute Gasteiger partial charge is 0.478 e. The summed E-state index contributed by atoms with van der Waals surface area (Å²) in [5.74, 6) is -1.14. The zero-order chi connectivity index (χ0) is 12.6. The number of carbonyl (C=O) groups is 1. The van der Waals surface area contributed by atoms with E-state index in [4.69, 9.17) is 5.11 Å². The number of para-hydroxylation sites is 1. The van der Waals surface area contributed by atoms with Crippen LogP contribution >= 0.6 is 0 Å². The molecule has 1 heterocycles. The molecule has 2 aromatic rings. The first-order chi connectivity index (χ1) is 7.88. The molecule has 0 radical (unpaired) electrons. The second-order valence-electron chi connectivity index (χ2n) is 3.92. The highest BCUT2D eigenvalue weighted by atomic mass is 32.2. The molecule has 0 aliphatic rings. The molecule has 0 saturated carbocycles. The smallest absolute Gasteiger partial charge is 0.337 e. The number of rotatable bonds is 3. The third-order valence-corrected chi connectivity index (χ3v) is 3.28. The van der Waals surface area contributed by atoms with Gasteiger partial charge in [-0.3, -0.25) is 0 Å².